The summed E-state index contributed by atoms with van der Waals surface area (Å²) >= 11 is 7.53. The van der Waals surface area contributed by atoms with Gasteiger partial charge in [0.15, 0.2) is 5.11 Å². The Bertz CT molecular complexity index is 1010. The molecule has 0 saturated heterocycles. The SMILES string of the molecule is O=C(NC(=S)Nc1ccc2c3c(cccc13)CC2)c1cccc(I)c1. The van der Waals surface area contributed by atoms with Crippen LogP contribution in [0.1, 0.15) is 21.5 Å². The second-order valence-electron chi connectivity index (χ2n) is 6.03. The van der Waals surface area contributed by atoms with Crippen LogP contribution in [0.25, 0.3) is 10.8 Å². The minimum Gasteiger partial charge on any atom is -0.332 e. The fraction of sp³-hybridized carbons (Fsp3) is 0.100. The summed E-state index contributed by atoms with van der Waals surface area (Å²) in [5.41, 5.74) is 4.28. The summed E-state index contributed by atoms with van der Waals surface area (Å²) < 4.78 is 1.01. The topological polar surface area (TPSA) is 41.1 Å². The lowest BCUT2D eigenvalue weighted by molar-refractivity contribution is 0.0977. The van der Waals surface area contributed by atoms with Gasteiger partial charge < -0.3 is 5.32 Å². The second kappa shape index (κ2) is 6.72. The van der Waals surface area contributed by atoms with E-state index in [9.17, 15) is 4.79 Å². The highest BCUT2D eigenvalue weighted by Gasteiger charge is 2.16. The number of nitrogens with one attached hydrogen (secondary N) is 2. The molecule has 3 aromatic rings. The molecule has 0 bridgehead atoms. The first kappa shape index (κ1) is 16.5. The Morgan fingerprint density at radius 2 is 1.76 bits per heavy atom. The third-order valence-corrected chi connectivity index (χ3v) is 5.31. The molecule has 1 amide bonds. The molecule has 3 aromatic carbocycles. The van der Waals surface area contributed by atoms with Crippen LogP contribution in [0, 0.1) is 3.57 Å². The average Bonchev–Trinajstić information content (AvgIpc) is 3.02. The highest BCUT2D eigenvalue weighted by atomic mass is 127. The Labute approximate surface area is 165 Å². The van der Waals surface area contributed by atoms with Crippen molar-refractivity contribution >= 4 is 62.3 Å². The number of hydrogen-bond donors (Lipinski definition) is 2. The third kappa shape index (κ3) is 3.26. The van der Waals surface area contributed by atoms with Crippen LogP contribution in [0.2, 0.25) is 0 Å². The number of carbonyl (C=O) groups excluding carboxylic acids is 1. The van der Waals surface area contributed by atoms with Crippen LogP contribution in [0.15, 0.2) is 54.6 Å². The van der Waals surface area contributed by atoms with Crippen LogP contribution in [0.5, 0.6) is 0 Å². The van der Waals surface area contributed by atoms with Gasteiger partial charge in [0, 0.05) is 20.2 Å². The highest BCUT2D eigenvalue weighted by molar-refractivity contribution is 14.1. The molecule has 1 aliphatic carbocycles. The van der Waals surface area contributed by atoms with Crippen LogP contribution < -0.4 is 10.6 Å². The maximum Gasteiger partial charge on any atom is 0.257 e. The zero-order valence-electron chi connectivity index (χ0n) is 13.3. The molecule has 5 heteroatoms. The van der Waals surface area contributed by atoms with E-state index in [1.54, 1.807) is 6.07 Å². The number of hydrogen-bond acceptors (Lipinski definition) is 2. The number of rotatable bonds is 2. The largest absolute Gasteiger partial charge is 0.332 e. The molecular weight excluding hydrogens is 443 g/mol. The number of halogens is 1. The van der Waals surface area contributed by atoms with Crippen molar-refractivity contribution in [2.75, 3.05) is 5.32 Å². The van der Waals surface area contributed by atoms with Crippen LogP contribution >= 0.6 is 34.8 Å². The predicted octanol–water partition coefficient (Wildman–Crippen LogP) is 4.67. The van der Waals surface area contributed by atoms with Crippen molar-refractivity contribution in [1.82, 2.24) is 5.32 Å². The Hall–Kier alpha value is -1.99. The predicted molar refractivity (Wildman–Crippen MR) is 114 cm³/mol. The minimum atomic E-state index is -0.207. The molecule has 0 fully saturated rings. The van der Waals surface area contributed by atoms with E-state index in [1.807, 2.05) is 24.3 Å². The third-order valence-electron chi connectivity index (χ3n) is 4.44. The first-order chi connectivity index (χ1) is 12.1. The van der Waals surface area contributed by atoms with Crippen molar-refractivity contribution in [1.29, 1.82) is 0 Å². The summed E-state index contributed by atoms with van der Waals surface area (Å²) in [7, 11) is 0. The van der Waals surface area contributed by atoms with E-state index in [4.69, 9.17) is 12.2 Å². The Kier molecular flexibility index (Phi) is 4.43. The molecule has 2 N–H and O–H groups in total. The molecule has 0 heterocycles. The summed E-state index contributed by atoms with van der Waals surface area (Å²) in [6, 6.07) is 17.9. The number of amides is 1. The van der Waals surface area contributed by atoms with Crippen LogP contribution in [0.4, 0.5) is 5.69 Å². The van der Waals surface area contributed by atoms with Gasteiger partial charge in [0.1, 0.15) is 0 Å². The van der Waals surface area contributed by atoms with Crippen molar-refractivity contribution < 1.29 is 4.79 Å². The molecule has 0 atom stereocenters. The summed E-state index contributed by atoms with van der Waals surface area (Å²) in [6.07, 6.45) is 2.17. The number of carbonyl (C=O) groups is 1. The van der Waals surface area contributed by atoms with Crippen LogP contribution in [0.3, 0.4) is 0 Å². The van der Waals surface area contributed by atoms with Gasteiger partial charge in [-0.15, -0.1) is 0 Å². The molecule has 1 aliphatic rings. The van der Waals surface area contributed by atoms with Gasteiger partial charge >= 0.3 is 0 Å². The molecule has 25 heavy (non-hydrogen) atoms. The second-order valence-corrected chi connectivity index (χ2v) is 7.68. The zero-order chi connectivity index (χ0) is 17.4. The van der Waals surface area contributed by atoms with Crippen molar-refractivity contribution in [3.8, 4) is 0 Å². The molecule has 0 saturated carbocycles. The molecule has 4 rings (SSSR count). The quantitative estimate of drug-likeness (QED) is 0.433. The van der Waals surface area contributed by atoms with Gasteiger partial charge in [-0.3, -0.25) is 10.1 Å². The van der Waals surface area contributed by atoms with Gasteiger partial charge in [0.05, 0.1) is 0 Å². The highest BCUT2D eigenvalue weighted by Crippen LogP contribution is 2.34. The Balaban J connectivity index is 1.56. The standard InChI is InChI=1S/C20H15IN2OS/c21-15-5-1-4-14(11-15)19(24)23-20(25)22-17-10-9-13-8-7-12-3-2-6-16(17)18(12)13/h1-6,9-11H,7-8H2,(H2,22,23,24,25). The van der Waals surface area contributed by atoms with Crippen molar-refractivity contribution in [2.45, 2.75) is 12.8 Å². The normalized spacial score (nSPS) is 12.2. The summed E-state index contributed by atoms with van der Waals surface area (Å²) in [4.78, 5) is 12.3. The summed E-state index contributed by atoms with van der Waals surface area (Å²) in [6.45, 7) is 0. The first-order valence-corrected chi connectivity index (χ1v) is 9.52. The maximum absolute atomic E-state index is 12.3. The molecule has 3 nitrogen and oxygen atoms in total. The molecule has 0 unspecified atom stereocenters. The van der Waals surface area contributed by atoms with Crippen molar-refractivity contribution in [3.05, 3.63) is 74.9 Å². The van der Waals surface area contributed by atoms with E-state index in [0.29, 0.717) is 10.7 Å². The van der Waals surface area contributed by atoms with Gasteiger partial charge in [-0.25, -0.2) is 0 Å². The number of anilines is 1. The van der Waals surface area contributed by atoms with Gasteiger partial charge in [-0.2, -0.15) is 0 Å². The van der Waals surface area contributed by atoms with Gasteiger partial charge in [0.2, 0.25) is 0 Å². The maximum atomic E-state index is 12.3. The van der Waals surface area contributed by atoms with E-state index >= 15 is 0 Å². The van der Waals surface area contributed by atoms with Gasteiger partial charge in [-0.05, 0) is 88.4 Å². The lowest BCUT2D eigenvalue weighted by Crippen LogP contribution is -2.34. The Morgan fingerprint density at radius 3 is 2.56 bits per heavy atom. The Morgan fingerprint density at radius 1 is 1.00 bits per heavy atom. The van der Waals surface area contributed by atoms with Gasteiger partial charge in [-0.1, -0.05) is 30.3 Å². The zero-order valence-corrected chi connectivity index (χ0v) is 16.3. The van der Waals surface area contributed by atoms with E-state index in [0.717, 1.165) is 27.5 Å². The summed E-state index contributed by atoms with van der Waals surface area (Å²) in [5.74, 6) is -0.207. The lowest BCUT2D eigenvalue weighted by Gasteiger charge is -2.13. The van der Waals surface area contributed by atoms with Gasteiger partial charge in [0.25, 0.3) is 5.91 Å². The minimum absolute atomic E-state index is 0.207. The first-order valence-electron chi connectivity index (χ1n) is 8.03. The monoisotopic (exact) mass is 458 g/mol. The number of thiocarbonyl (C=S) groups is 1. The lowest BCUT2D eigenvalue weighted by atomic mass is 10.0. The van der Waals surface area contributed by atoms with Crippen LogP contribution in [-0.4, -0.2) is 11.0 Å². The van der Waals surface area contributed by atoms with Crippen molar-refractivity contribution in [2.24, 2.45) is 0 Å². The smallest absolute Gasteiger partial charge is 0.257 e. The molecule has 0 spiro atoms. The average molecular weight is 458 g/mol. The molecule has 0 radical (unpaired) electrons. The van der Waals surface area contributed by atoms with E-state index in [2.05, 4.69) is 57.5 Å². The number of benzene rings is 3. The molecule has 0 aromatic heterocycles. The fourth-order valence-corrected chi connectivity index (χ4v) is 4.06. The fourth-order valence-electron chi connectivity index (χ4n) is 3.31. The van der Waals surface area contributed by atoms with Crippen LogP contribution in [-0.2, 0) is 12.8 Å². The van der Waals surface area contributed by atoms with E-state index in [-0.39, 0.29) is 5.91 Å². The summed E-state index contributed by atoms with van der Waals surface area (Å²) in [5, 5.41) is 8.72. The molecule has 124 valence electrons. The van der Waals surface area contributed by atoms with E-state index < -0.39 is 0 Å². The van der Waals surface area contributed by atoms with E-state index in [1.165, 1.54) is 16.5 Å². The molecule has 0 aliphatic heterocycles. The number of aryl methyl sites for hydroxylation is 2. The van der Waals surface area contributed by atoms with Crippen molar-refractivity contribution in [3.63, 3.8) is 0 Å². The molecular formula is C20H15IN2OS.